The van der Waals surface area contributed by atoms with Crippen LogP contribution in [0.2, 0.25) is 5.02 Å². The molecule has 4 rings (SSSR count). The molecular formula is C17H9ClF3N5O3. The number of carbonyl (C=O) groups excluding carboxylic acids is 1. The maximum absolute atomic E-state index is 12.5. The molecule has 0 aliphatic heterocycles. The van der Waals surface area contributed by atoms with Crippen LogP contribution in [0.4, 0.5) is 18.9 Å². The number of halogens is 4. The minimum absolute atomic E-state index is 0.196. The Morgan fingerprint density at radius 3 is 2.69 bits per heavy atom. The van der Waals surface area contributed by atoms with Gasteiger partial charge < -0.3 is 14.5 Å². The van der Waals surface area contributed by atoms with Gasteiger partial charge in [-0.05, 0) is 41.6 Å². The first-order valence-electron chi connectivity index (χ1n) is 7.92. The Morgan fingerprint density at radius 2 is 2.00 bits per heavy atom. The lowest BCUT2D eigenvalue weighted by Gasteiger charge is -2.12. The summed E-state index contributed by atoms with van der Waals surface area (Å²) < 4.78 is 46.3. The number of rotatable bonds is 4. The Labute approximate surface area is 164 Å². The molecule has 0 radical (unpaired) electrons. The summed E-state index contributed by atoms with van der Waals surface area (Å²) >= 11 is 5.78. The number of nitrogens with one attached hydrogen (secondary N) is 2. The summed E-state index contributed by atoms with van der Waals surface area (Å²) in [7, 11) is 0. The van der Waals surface area contributed by atoms with E-state index >= 15 is 0 Å². The number of furan rings is 1. The van der Waals surface area contributed by atoms with Crippen molar-refractivity contribution in [2.45, 2.75) is 6.36 Å². The van der Waals surface area contributed by atoms with Crippen molar-refractivity contribution >= 4 is 34.2 Å². The Bertz CT molecular complexity index is 1190. The van der Waals surface area contributed by atoms with Crippen molar-refractivity contribution in [3.05, 3.63) is 53.1 Å². The fraction of sp³-hybridized carbons (Fsp3) is 0.0588. The summed E-state index contributed by atoms with van der Waals surface area (Å²) in [6.45, 7) is 0. The van der Waals surface area contributed by atoms with Gasteiger partial charge in [0, 0.05) is 16.6 Å². The van der Waals surface area contributed by atoms with Crippen molar-refractivity contribution in [1.29, 1.82) is 0 Å². The molecule has 2 heterocycles. The summed E-state index contributed by atoms with van der Waals surface area (Å²) in [5.74, 6) is -0.436. The van der Waals surface area contributed by atoms with Crippen LogP contribution in [0.15, 0.2) is 46.9 Å². The number of aromatic nitrogens is 4. The summed E-state index contributed by atoms with van der Waals surface area (Å²) in [5.41, 5.74) is 0.879. The molecule has 29 heavy (non-hydrogen) atoms. The van der Waals surface area contributed by atoms with E-state index in [2.05, 4.69) is 30.7 Å². The second kappa shape index (κ2) is 7.09. The van der Waals surface area contributed by atoms with Crippen molar-refractivity contribution in [2.24, 2.45) is 0 Å². The smallest absolute Gasteiger partial charge is 0.453 e. The average Bonchev–Trinajstić information content (AvgIpc) is 3.31. The van der Waals surface area contributed by atoms with Gasteiger partial charge in [0.1, 0.15) is 11.3 Å². The van der Waals surface area contributed by atoms with Gasteiger partial charge in [-0.2, -0.15) is 5.21 Å². The van der Waals surface area contributed by atoms with Gasteiger partial charge in [0.2, 0.25) is 5.82 Å². The van der Waals surface area contributed by atoms with Gasteiger partial charge in [-0.3, -0.25) is 4.79 Å². The third-order valence-corrected chi connectivity index (χ3v) is 4.06. The number of anilines is 1. The van der Waals surface area contributed by atoms with Gasteiger partial charge in [0.25, 0.3) is 5.91 Å². The topological polar surface area (TPSA) is 106 Å². The zero-order valence-electron chi connectivity index (χ0n) is 14.1. The molecule has 0 aliphatic rings. The normalized spacial score (nSPS) is 11.6. The molecule has 0 unspecified atom stereocenters. The summed E-state index contributed by atoms with van der Waals surface area (Å²) in [6.07, 6.45) is -4.87. The van der Waals surface area contributed by atoms with Gasteiger partial charge in [0.05, 0.1) is 5.02 Å². The molecule has 2 aromatic carbocycles. The lowest BCUT2D eigenvalue weighted by atomic mass is 10.1. The fourth-order valence-electron chi connectivity index (χ4n) is 2.54. The third kappa shape index (κ3) is 4.14. The van der Waals surface area contributed by atoms with Crippen molar-refractivity contribution in [3.63, 3.8) is 0 Å². The first-order valence-corrected chi connectivity index (χ1v) is 8.30. The number of hydrogen-bond acceptors (Lipinski definition) is 6. The summed E-state index contributed by atoms with van der Waals surface area (Å²) in [4.78, 5) is 12.5. The molecular weight excluding hydrogens is 415 g/mol. The Hall–Kier alpha value is -3.60. The van der Waals surface area contributed by atoms with E-state index in [9.17, 15) is 18.0 Å². The number of tetrazole rings is 1. The van der Waals surface area contributed by atoms with Crippen LogP contribution in [-0.4, -0.2) is 32.9 Å². The molecule has 0 saturated carbocycles. The van der Waals surface area contributed by atoms with Gasteiger partial charge in [0.15, 0.2) is 5.76 Å². The van der Waals surface area contributed by atoms with Gasteiger partial charge >= 0.3 is 6.36 Å². The minimum Gasteiger partial charge on any atom is -0.453 e. The molecule has 0 fully saturated rings. The highest BCUT2D eigenvalue weighted by molar-refractivity contribution is 6.32. The van der Waals surface area contributed by atoms with E-state index in [1.54, 1.807) is 18.2 Å². The lowest BCUT2D eigenvalue weighted by Crippen LogP contribution is -2.17. The number of alkyl halides is 3. The molecule has 2 aromatic heterocycles. The predicted octanol–water partition coefficient (Wildman–Crippen LogP) is 4.42. The van der Waals surface area contributed by atoms with Crippen LogP contribution in [0.25, 0.3) is 22.6 Å². The highest BCUT2D eigenvalue weighted by atomic mass is 35.5. The van der Waals surface area contributed by atoms with Crippen LogP contribution >= 0.6 is 11.6 Å². The zero-order chi connectivity index (χ0) is 20.6. The number of nitrogens with zero attached hydrogens (tertiary/aromatic N) is 3. The van der Waals surface area contributed by atoms with Crippen LogP contribution in [0.5, 0.6) is 5.75 Å². The number of carbonyl (C=O) groups is 1. The molecule has 1 amide bonds. The second-order valence-electron chi connectivity index (χ2n) is 5.75. The number of amides is 1. The predicted molar refractivity (Wildman–Crippen MR) is 95.5 cm³/mol. The molecule has 4 aromatic rings. The van der Waals surface area contributed by atoms with E-state index in [1.165, 1.54) is 12.1 Å². The number of hydrogen-bond donors (Lipinski definition) is 2. The van der Waals surface area contributed by atoms with Crippen LogP contribution in [0.1, 0.15) is 10.4 Å². The molecule has 0 saturated heterocycles. The van der Waals surface area contributed by atoms with Crippen molar-refractivity contribution < 1.29 is 27.1 Å². The molecule has 148 valence electrons. The van der Waals surface area contributed by atoms with Crippen molar-refractivity contribution in [2.75, 3.05) is 5.32 Å². The first-order chi connectivity index (χ1) is 13.8. The van der Waals surface area contributed by atoms with E-state index in [-0.39, 0.29) is 22.1 Å². The first kappa shape index (κ1) is 18.7. The number of fused-ring (bicyclic) bond motifs is 1. The number of benzene rings is 2. The summed E-state index contributed by atoms with van der Waals surface area (Å²) in [5, 5.41) is 16.4. The average molecular weight is 424 g/mol. The van der Waals surface area contributed by atoms with Crippen LogP contribution in [0, 0.1) is 0 Å². The van der Waals surface area contributed by atoms with Crippen molar-refractivity contribution in [3.8, 4) is 17.3 Å². The fourth-order valence-corrected chi connectivity index (χ4v) is 2.76. The molecule has 0 spiro atoms. The molecule has 0 atom stereocenters. The van der Waals surface area contributed by atoms with Crippen LogP contribution in [-0.2, 0) is 0 Å². The van der Waals surface area contributed by atoms with Gasteiger partial charge in [-0.1, -0.05) is 17.7 Å². The number of aromatic amines is 1. The number of ether oxygens (including phenoxy) is 1. The monoisotopic (exact) mass is 423 g/mol. The Kier molecular flexibility index (Phi) is 4.59. The lowest BCUT2D eigenvalue weighted by molar-refractivity contribution is -0.274. The molecule has 0 bridgehead atoms. The van der Waals surface area contributed by atoms with E-state index in [0.717, 1.165) is 17.5 Å². The number of H-pyrrole nitrogens is 1. The SMILES string of the molecule is O=C(Nc1ccc(OC(F)(F)F)c(Cl)c1)c1ccc2cc(-c3nn[nH]n3)oc2c1. The summed E-state index contributed by atoms with van der Waals surface area (Å²) in [6, 6.07) is 9.85. The second-order valence-corrected chi connectivity index (χ2v) is 6.15. The van der Waals surface area contributed by atoms with Crippen LogP contribution in [0.3, 0.4) is 0 Å². The highest BCUT2D eigenvalue weighted by Gasteiger charge is 2.32. The highest BCUT2D eigenvalue weighted by Crippen LogP contribution is 2.32. The molecule has 12 heteroatoms. The van der Waals surface area contributed by atoms with Crippen molar-refractivity contribution in [1.82, 2.24) is 20.6 Å². The quantitative estimate of drug-likeness (QED) is 0.503. The van der Waals surface area contributed by atoms with E-state index in [0.29, 0.717) is 11.3 Å². The van der Waals surface area contributed by atoms with E-state index in [1.807, 2.05) is 0 Å². The minimum atomic E-state index is -4.87. The van der Waals surface area contributed by atoms with E-state index in [4.69, 9.17) is 16.0 Å². The molecule has 0 aliphatic carbocycles. The largest absolute Gasteiger partial charge is 0.573 e. The zero-order valence-corrected chi connectivity index (χ0v) is 14.9. The molecule has 8 nitrogen and oxygen atoms in total. The standard InChI is InChI=1S/C17H9ClF3N5O3/c18-11-7-10(3-4-12(11)29-17(19,20)21)22-16(27)9-2-1-8-5-14(28-13(8)6-9)15-23-25-26-24-15/h1-7H,(H,22,27)(H,23,24,25,26). The third-order valence-electron chi connectivity index (χ3n) is 3.76. The van der Waals surface area contributed by atoms with E-state index < -0.39 is 18.0 Å². The Morgan fingerprint density at radius 1 is 1.17 bits per heavy atom. The maximum Gasteiger partial charge on any atom is 0.573 e. The van der Waals surface area contributed by atoms with Crippen LogP contribution < -0.4 is 10.1 Å². The molecule has 2 N–H and O–H groups in total. The Balaban J connectivity index is 1.53. The van der Waals surface area contributed by atoms with Gasteiger partial charge in [-0.15, -0.1) is 23.4 Å². The maximum atomic E-state index is 12.5. The van der Waals surface area contributed by atoms with Gasteiger partial charge in [-0.25, -0.2) is 0 Å².